The highest BCUT2D eigenvalue weighted by atomic mass is 16.5. The Bertz CT molecular complexity index is 1270. The van der Waals surface area contributed by atoms with Gasteiger partial charge in [0.05, 0.1) is 25.3 Å². The fourth-order valence-corrected chi connectivity index (χ4v) is 5.79. The van der Waals surface area contributed by atoms with E-state index in [4.69, 9.17) is 14.2 Å². The second-order valence-corrected chi connectivity index (χ2v) is 8.87. The minimum atomic E-state index is -0.624. The van der Waals surface area contributed by atoms with Crippen LogP contribution in [0.15, 0.2) is 83.7 Å². The molecule has 3 aliphatic heterocycles. The molecule has 6 heteroatoms. The summed E-state index contributed by atoms with van der Waals surface area (Å²) in [7, 11) is 1.61. The van der Waals surface area contributed by atoms with Crippen LogP contribution in [0.1, 0.15) is 29.9 Å². The number of methoxy groups -OCH3 is 1. The first kappa shape index (κ1) is 20.8. The summed E-state index contributed by atoms with van der Waals surface area (Å²) in [5.41, 5.74) is 4.41. The van der Waals surface area contributed by atoms with Crippen molar-refractivity contribution in [1.82, 2.24) is 0 Å². The lowest BCUT2D eigenvalue weighted by Gasteiger charge is -2.43. The summed E-state index contributed by atoms with van der Waals surface area (Å²) in [5, 5.41) is 0. The first-order chi connectivity index (χ1) is 16.6. The molecule has 2 aromatic carbocycles. The van der Waals surface area contributed by atoms with Gasteiger partial charge in [0.1, 0.15) is 24.0 Å². The number of esters is 1. The van der Waals surface area contributed by atoms with Crippen LogP contribution < -0.4 is 9.64 Å². The van der Waals surface area contributed by atoms with E-state index in [0.717, 1.165) is 22.4 Å². The number of carbonyl (C=O) groups is 2. The summed E-state index contributed by atoms with van der Waals surface area (Å²) in [6, 6.07) is 15.5. The first-order valence-electron chi connectivity index (χ1n) is 11.6. The summed E-state index contributed by atoms with van der Waals surface area (Å²) in [6.45, 7) is 2.21. The Morgan fingerprint density at radius 3 is 2.71 bits per heavy atom. The van der Waals surface area contributed by atoms with E-state index in [1.54, 1.807) is 14.0 Å². The minimum absolute atomic E-state index is 0.0833. The molecule has 0 radical (unpaired) electrons. The van der Waals surface area contributed by atoms with E-state index in [0.29, 0.717) is 17.1 Å². The third kappa shape index (κ3) is 2.87. The SMILES string of the molecule is CCOC(=O)C1COC2=C(C(=O)N3c4ccccc4C4C=CC=C2C43)C1c1ccc(OC)cc1. The number of hydrogen-bond donors (Lipinski definition) is 0. The summed E-state index contributed by atoms with van der Waals surface area (Å²) < 4.78 is 17.0. The molecular weight excluding hydrogens is 430 g/mol. The van der Waals surface area contributed by atoms with Crippen molar-refractivity contribution in [3.8, 4) is 5.75 Å². The third-order valence-corrected chi connectivity index (χ3v) is 7.23. The van der Waals surface area contributed by atoms with Crippen molar-refractivity contribution in [2.24, 2.45) is 5.92 Å². The molecule has 0 saturated heterocycles. The number of hydrogen-bond acceptors (Lipinski definition) is 5. The van der Waals surface area contributed by atoms with Crippen LogP contribution in [0.5, 0.6) is 5.75 Å². The Morgan fingerprint density at radius 1 is 1.15 bits per heavy atom. The van der Waals surface area contributed by atoms with E-state index >= 15 is 0 Å². The van der Waals surface area contributed by atoms with E-state index in [1.165, 1.54) is 0 Å². The minimum Gasteiger partial charge on any atom is -0.497 e. The molecule has 0 saturated carbocycles. The molecule has 4 unspecified atom stereocenters. The predicted molar refractivity (Wildman–Crippen MR) is 127 cm³/mol. The van der Waals surface area contributed by atoms with Crippen LogP contribution in [-0.4, -0.2) is 38.2 Å². The van der Waals surface area contributed by atoms with Gasteiger partial charge in [-0.25, -0.2) is 0 Å². The maximum atomic E-state index is 14.2. The van der Waals surface area contributed by atoms with Crippen molar-refractivity contribution in [1.29, 1.82) is 0 Å². The van der Waals surface area contributed by atoms with Gasteiger partial charge >= 0.3 is 5.97 Å². The lowest BCUT2D eigenvalue weighted by atomic mass is 9.73. The Hall–Kier alpha value is -3.80. The van der Waals surface area contributed by atoms with Crippen LogP contribution in [0, 0.1) is 5.92 Å². The molecular formula is C28H25NO5. The van der Waals surface area contributed by atoms with Gasteiger partial charge in [0.2, 0.25) is 0 Å². The standard InChI is InChI=1S/C28H25NO5/c1-3-33-28(31)21-15-34-26-20-9-6-8-19-18-7-4-5-10-22(18)29(25(19)20)27(30)24(26)23(21)16-11-13-17(32-2)14-12-16/h4-14,19,21,23,25H,3,15H2,1-2H3. The largest absolute Gasteiger partial charge is 0.497 e. The van der Waals surface area contributed by atoms with Gasteiger partial charge in [-0.05, 0) is 36.2 Å². The topological polar surface area (TPSA) is 65.1 Å². The maximum Gasteiger partial charge on any atom is 0.313 e. The molecule has 0 fully saturated rings. The predicted octanol–water partition coefficient (Wildman–Crippen LogP) is 4.25. The fraction of sp³-hybridized carbons (Fsp3) is 0.286. The lowest BCUT2D eigenvalue weighted by Crippen LogP contribution is -2.50. The number of carbonyl (C=O) groups excluding carboxylic acids is 2. The molecule has 0 spiro atoms. The number of nitrogens with zero attached hydrogens (tertiary/aromatic N) is 1. The van der Waals surface area contributed by atoms with Crippen molar-refractivity contribution < 1.29 is 23.8 Å². The quantitative estimate of drug-likeness (QED) is 0.645. The molecule has 1 aliphatic carbocycles. The lowest BCUT2D eigenvalue weighted by molar-refractivity contribution is -0.151. The smallest absolute Gasteiger partial charge is 0.313 e. The molecule has 172 valence electrons. The highest BCUT2D eigenvalue weighted by Gasteiger charge is 2.54. The summed E-state index contributed by atoms with van der Waals surface area (Å²) in [4.78, 5) is 29.1. The monoisotopic (exact) mass is 455 g/mol. The van der Waals surface area contributed by atoms with Gasteiger partial charge in [0, 0.05) is 23.1 Å². The van der Waals surface area contributed by atoms with Crippen LogP contribution >= 0.6 is 0 Å². The molecule has 0 aromatic heterocycles. The number of ether oxygens (including phenoxy) is 3. The summed E-state index contributed by atoms with van der Waals surface area (Å²) in [6.07, 6.45) is 6.23. The molecule has 1 amide bonds. The average Bonchev–Trinajstić information content (AvgIpc) is 3.22. The molecule has 6 nitrogen and oxygen atoms in total. The third-order valence-electron chi connectivity index (χ3n) is 7.23. The van der Waals surface area contributed by atoms with Crippen LogP contribution in [0.2, 0.25) is 0 Å². The molecule has 4 atom stereocenters. The normalized spacial score (nSPS) is 26.2. The van der Waals surface area contributed by atoms with Crippen LogP contribution in [0.25, 0.3) is 0 Å². The van der Waals surface area contributed by atoms with Gasteiger partial charge < -0.3 is 14.2 Å². The number of benzene rings is 2. The number of para-hydroxylation sites is 1. The van der Waals surface area contributed by atoms with Crippen LogP contribution in [0.3, 0.4) is 0 Å². The average molecular weight is 456 g/mol. The molecule has 0 N–H and O–H groups in total. The maximum absolute atomic E-state index is 14.2. The van der Waals surface area contributed by atoms with Gasteiger partial charge in [-0.3, -0.25) is 14.5 Å². The van der Waals surface area contributed by atoms with E-state index in [9.17, 15) is 9.59 Å². The van der Waals surface area contributed by atoms with Crippen molar-refractivity contribution in [3.05, 3.63) is 94.8 Å². The van der Waals surface area contributed by atoms with Crippen molar-refractivity contribution in [2.75, 3.05) is 25.2 Å². The van der Waals surface area contributed by atoms with E-state index in [-0.39, 0.29) is 37.0 Å². The number of fused-ring (bicyclic) bond motifs is 4. The Balaban J connectivity index is 1.54. The number of rotatable bonds is 4. The van der Waals surface area contributed by atoms with Crippen LogP contribution in [-0.2, 0) is 19.1 Å². The van der Waals surface area contributed by atoms with Crippen molar-refractivity contribution >= 4 is 17.6 Å². The Kier molecular flexibility index (Phi) is 4.83. The van der Waals surface area contributed by atoms with Gasteiger partial charge in [-0.2, -0.15) is 0 Å². The molecule has 3 heterocycles. The number of anilines is 1. The summed E-state index contributed by atoms with van der Waals surface area (Å²) >= 11 is 0. The second kappa shape index (κ2) is 7.90. The second-order valence-electron chi connectivity index (χ2n) is 8.87. The highest BCUT2D eigenvalue weighted by molar-refractivity contribution is 6.12. The summed E-state index contributed by atoms with van der Waals surface area (Å²) in [5.74, 6) is -0.181. The molecule has 34 heavy (non-hydrogen) atoms. The molecule has 6 rings (SSSR count). The van der Waals surface area contributed by atoms with E-state index in [1.807, 2.05) is 59.5 Å². The Morgan fingerprint density at radius 2 is 1.94 bits per heavy atom. The van der Waals surface area contributed by atoms with Gasteiger partial charge in [-0.15, -0.1) is 0 Å². The fourth-order valence-electron chi connectivity index (χ4n) is 5.79. The van der Waals surface area contributed by atoms with Crippen molar-refractivity contribution in [3.63, 3.8) is 0 Å². The number of amides is 1. The molecule has 2 aromatic rings. The molecule has 0 bridgehead atoms. The zero-order valence-electron chi connectivity index (χ0n) is 19.1. The number of allylic oxidation sites excluding steroid dienone is 2. The van der Waals surface area contributed by atoms with Crippen molar-refractivity contribution in [2.45, 2.75) is 24.8 Å². The van der Waals surface area contributed by atoms with E-state index in [2.05, 4.69) is 12.1 Å². The highest BCUT2D eigenvalue weighted by Crippen LogP contribution is 2.54. The van der Waals surface area contributed by atoms with Gasteiger partial charge in [0.15, 0.2) is 0 Å². The van der Waals surface area contributed by atoms with E-state index < -0.39 is 11.8 Å². The zero-order valence-corrected chi connectivity index (χ0v) is 19.1. The zero-order chi connectivity index (χ0) is 23.4. The van der Waals surface area contributed by atoms with Gasteiger partial charge in [-0.1, -0.05) is 48.6 Å². The molecule has 4 aliphatic rings. The Labute approximate surface area is 198 Å². The van der Waals surface area contributed by atoms with Gasteiger partial charge in [0.25, 0.3) is 5.91 Å². The van der Waals surface area contributed by atoms with Crippen LogP contribution in [0.4, 0.5) is 5.69 Å². The first-order valence-corrected chi connectivity index (χ1v) is 11.6.